The number of aliphatic hydroxyl groups is 1. The Balaban J connectivity index is 1.34. The first kappa shape index (κ1) is 25.1. The molecule has 0 bridgehead atoms. The monoisotopic (exact) mass is 527 g/mol. The lowest BCUT2D eigenvalue weighted by atomic mass is 9.84. The molecule has 0 spiro atoms. The van der Waals surface area contributed by atoms with Crippen LogP contribution in [0.25, 0.3) is 11.1 Å². The number of nitrogens with zero attached hydrogens (tertiary/aromatic N) is 3. The Labute approximate surface area is 217 Å². The molecule has 3 N–H and O–H groups in total. The van der Waals surface area contributed by atoms with E-state index in [1.807, 2.05) is 4.90 Å². The lowest BCUT2D eigenvalue weighted by Crippen LogP contribution is -2.49. The highest BCUT2D eigenvalue weighted by Gasteiger charge is 2.34. The molecule has 194 valence electrons. The summed E-state index contributed by atoms with van der Waals surface area (Å²) in [6, 6.07) is 6.39. The van der Waals surface area contributed by atoms with Crippen molar-refractivity contribution < 1.29 is 28.6 Å². The summed E-state index contributed by atoms with van der Waals surface area (Å²) >= 11 is 5.87. The average Bonchev–Trinajstić information content (AvgIpc) is 3.28. The molecule has 12 heteroatoms. The van der Waals surface area contributed by atoms with E-state index in [-0.39, 0.29) is 65.4 Å². The summed E-state index contributed by atoms with van der Waals surface area (Å²) in [4.78, 5) is 48.9. The zero-order valence-corrected chi connectivity index (χ0v) is 20.7. The van der Waals surface area contributed by atoms with Gasteiger partial charge in [-0.3, -0.25) is 14.4 Å². The standard InChI is InChI=1S/C25H26ClN5O6/c26-15-3-8-19(27-11-15)29-25(35)23-22(21-18(37-23)7-4-16(12-32)28-21)30-24(34)14-1-5-17(6-2-14)31-9-10-36-13-20(31)33/h3-4,7-8,11,14,17,32H,1-2,5-6,9-10,12-13H2,(H,30,34)(H,27,29,35). The lowest BCUT2D eigenvalue weighted by molar-refractivity contribution is -0.146. The van der Waals surface area contributed by atoms with E-state index in [1.165, 1.54) is 6.20 Å². The number of nitrogens with one attached hydrogen (secondary N) is 2. The van der Waals surface area contributed by atoms with E-state index in [2.05, 4.69) is 20.6 Å². The molecular weight excluding hydrogens is 502 g/mol. The second-order valence-corrected chi connectivity index (χ2v) is 9.50. The second kappa shape index (κ2) is 10.8. The molecule has 1 aliphatic carbocycles. The number of ether oxygens (including phenoxy) is 1. The van der Waals surface area contributed by atoms with Gasteiger partial charge in [-0.05, 0) is 49.9 Å². The van der Waals surface area contributed by atoms with Crippen LogP contribution in [0.15, 0.2) is 34.9 Å². The van der Waals surface area contributed by atoms with E-state index < -0.39 is 5.91 Å². The fraction of sp³-hybridized carbons (Fsp3) is 0.400. The quantitative estimate of drug-likeness (QED) is 0.443. The molecule has 1 saturated heterocycles. The third-order valence-corrected chi connectivity index (χ3v) is 6.93. The third kappa shape index (κ3) is 5.43. The van der Waals surface area contributed by atoms with E-state index in [4.69, 9.17) is 20.8 Å². The van der Waals surface area contributed by atoms with Crippen LogP contribution in [0.1, 0.15) is 41.9 Å². The number of pyridine rings is 2. The normalized spacial score (nSPS) is 20.2. The molecule has 11 nitrogen and oxygen atoms in total. The zero-order valence-electron chi connectivity index (χ0n) is 19.9. The molecular formula is C25H26ClN5O6. The van der Waals surface area contributed by atoms with Gasteiger partial charge in [-0.25, -0.2) is 9.97 Å². The number of aliphatic hydroxyl groups excluding tert-OH is 1. The third-order valence-electron chi connectivity index (χ3n) is 6.71. The van der Waals surface area contributed by atoms with Crippen molar-refractivity contribution in [2.75, 3.05) is 30.4 Å². The first-order valence-electron chi connectivity index (χ1n) is 12.1. The smallest absolute Gasteiger partial charge is 0.294 e. The Kier molecular flexibility index (Phi) is 7.36. The van der Waals surface area contributed by atoms with Crippen LogP contribution >= 0.6 is 11.6 Å². The first-order chi connectivity index (χ1) is 17.9. The number of anilines is 2. The molecule has 3 aromatic heterocycles. The van der Waals surface area contributed by atoms with Crippen molar-refractivity contribution in [2.45, 2.75) is 38.3 Å². The summed E-state index contributed by atoms with van der Waals surface area (Å²) < 4.78 is 11.0. The summed E-state index contributed by atoms with van der Waals surface area (Å²) in [6.45, 7) is 0.891. The maximum Gasteiger partial charge on any atom is 0.294 e. The van der Waals surface area contributed by atoms with Crippen molar-refractivity contribution in [1.82, 2.24) is 14.9 Å². The predicted octanol–water partition coefficient (Wildman–Crippen LogP) is 2.98. The molecule has 3 amide bonds. The van der Waals surface area contributed by atoms with E-state index in [0.29, 0.717) is 49.6 Å². The summed E-state index contributed by atoms with van der Waals surface area (Å²) in [5, 5.41) is 15.5. The van der Waals surface area contributed by atoms with Crippen molar-refractivity contribution in [2.24, 2.45) is 5.92 Å². The van der Waals surface area contributed by atoms with Gasteiger partial charge in [-0.15, -0.1) is 0 Å². The van der Waals surface area contributed by atoms with Gasteiger partial charge in [0.15, 0.2) is 5.58 Å². The number of halogens is 1. The Morgan fingerprint density at radius 3 is 2.65 bits per heavy atom. The predicted molar refractivity (Wildman–Crippen MR) is 134 cm³/mol. The van der Waals surface area contributed by atoms with E-state index in [9.17, 15) is 19.5 Å². The van der Waals surface area contributed by atoms with Gasteiger partial charge in [-0.1, -0.05) is 11.6 Å². The number of fused-ring (bicyclic) bond motifs is 1. The summed E-state index contributed by atoms with van der Waals surface area (Å²) in [5.74, 6) is -1.07. The van der Waals surface area contributed by atoms with Crippen LogP contribution in [0, 0.1) is 5.92 Å². The molecule has 3 aromatic rings. The van der Waals surface area contributed by atoms with E-state index in [0.717, 1.165) is 0 Å². The van der Waals surface area contributed by atoms with Crippen molar-refractivity contribution in [1.29, 1.82) is 0 Å². The Hall–Kier alpha value is -3.54. The average molecular weight is 528 g/mol. The van der Waals surface area contributed by atoms with Crippen LogP contribution in [0.3, 0.4) is 0 Å². The number of rotatable bonds is 6. The fourth-order valence-electron chi connectivity index (χ4n) is 4.79. The van der Waals surface area contributed by atoms with Gasteiger partial charge >= 0.3 is 0 Å². The second-order valence-electron chi connectivity index (χ2n) is 9.06. The highest BCUT2D eigenvalue weighted by atomic mass is 35.5. The molecule has 0 aromatic carbocycles. The van der Waals surface area contributed by atoms with Crippen molar-refractivity contribution >= 4 is 51.9 Å². The number of aromatic nitrogens is 2. The minimum absolute atomic E-state index is 0.0133. The SMILES string of the molecule is O=C(Nc1ccc(Cl)cn1)c1oc2ccc(CO)nc2c1NC(=O)C1CCC(N2CCOCC2=O)CC1. The van der Waals surface area contributed by atoms with Crippen LogP contribution in [0.4, 0.5) is 11.5 Å². The molecule has 0 radical (unpaired) electrons. The Morgan fingerprint density at radius 2 is 1.95 bits per heavy atom. The van der Waals surface area contributed by atoms with Gasteiger partial charge in [0.1, 0.15) is 23.6 Å². The van der Waals surface area contributed by atoms with Gasteiger partial charge in [0, 0.05) is 24.7 Å². The molecule has 37 heavy (non-hydrogen) atoms. The van der Waals surface area contributed by atoms with E-state index in [1.54, 1.807) is 24.3 Å². The summed E-state index contributed by atoms with van der Waals surface area (Å²) in [5.41, 5.74) is 1.05. The largest absolute Gasteiger partial charge is 0.447 e. The molecule has 0 atom stereocenters. The molecule has 2 aliphatic rings. The zero-order chi connectivity index (χ0) is 25.9. The maximum atomic E-state index is 13.3. The summed E-state index contributed by atoms with van der Waals surface area (Å²) in [6.07, 6.45) is 4.01. The van der Waals surface area contributed by atoms with Crippen LogP contribution < -0.4 is 10.6 Å². The van der Waals surface area contributed by atoms with Crippen LogP contribution in [-0.4, -0.2) is 63.5 Å². The minimum Gasteiger partial charge on any atom is -0.447 e. The summed E-state index contributed by atoms with van der Waals surface area (Å²) in [7, 11) is 0. The molecule has 0 unspecified atom stereocenters. The number of morpholine rings is 1. The van der Waals surface area contributed by atoms with Crippen molar-refractivity contribution in [3.05, 3.63) is 46.9 Å². The first-order valence-corrected chi connectivity index (χ1v) is 12.4. The highest BCUT2D eigenvalue weighted by molar-refractivity contribution is 6.30. The number of amides is 3. The number of carbonyl (C=O) groups is 3. The number of carbonyl (C=O) groups excluding carboxylic acids is 3. The fourth-order valence-corrected chi connectivity index (χ4v) is 4.91. The number of hydrogen-bond acceptors (Lipinski definition) is 8. The topological polar surface area (TPSA) is 147 Å². The van der Waals surface area contributed by atoms with Gasteiger partial charge in [0.25, 0.3) is 5.91 Å². The van der Waals surface area contributed by atoms with Gasteiger partial charge in [0.05, 0.1) is 23.9 Å². The Morgan fingerprint density at radius 1 is 1.14 bits per heavy atom. The van der Waals surface area contributed by atoms with Crippen LogP contribution in [0.2, 0.25) is 5.02 Å². The van der Waals surface area contributed by atoms with Crippen molar-refractivity contribution in [3.8, 4) is 0 Å². The van der Waals surface area contributed by atoms with Gasteiger partial charge in [-0.2, -0.15) is 0 Å². The minimum atomic E-state index is -0.622. The van der Waals surface area contributed by atoms with Crippen LogP contribution in [-0.2, 0) is 20.9 Å². The molecule has 4 heterocycles. The highest BCUT2D eigenvalue weighted by Crippen LogP contribution is 2.34. The number of hydrogen-bond donors (Lipinski definition) is 3. The van der Waals surface area contributed by atoms with Gasteiger partial charge < -0.3 is 29.8 Å². The number of furan rings is 1. The molecule has 1 saturated carbocycles. The Bertz CT molecular complexity index is 1320. The molecule has 1 aliphatic heterocycles. The molecule has 5 rings (SSSR count). The maximum absolute atomic E-state index is 13.3. The van der Waals surface area contributed by atoms with E-state index >= 15 is 0 Å². The van der Waals surface area contributed by atoms with Gasteiger partial charge in [0.2, 0.25) is 17.6 Å². The lowest BCUT2D eigenvalue weighted by Gasteiger charge is -2.38. The van der Waals surface area contributed by atoms with Crippen molar-refractivity contribution in [3.63, 3.8) is 0 Å². The molecule has 2 fully saturated rings. The van der Waals surface area contributed by atoms with Crippen LogP contribution in [0.5, 0.6) is 0 Å².